The van der Waals surface area contributed by atoms with Crippen molar-refractivity contribution < 1.29 is 19.0 Å². The Labute approximate surface area is 175 Å². The molecule has 0 saturated carbocycles. The molecule has 4 heteroatoms. The first kappa shape index (κ1) is 20.5. The highest BCUT2D eigenvalue weighted by molar-refractivity contribution is 5.96. The number of carbonyl (C=O) groups excluding carboxylic acids is 1. The largest absolute Gasteiger partial charge is 0.497 e. The lowest BCUT2D eigenvalue weighted by Crippen LogP contribution is -2.04. The molecule has 0 atom stereocenters. The molecule has 3 aromatic rings. The van der Waals surface area contributed by atoms with Gasteiger partial charge in [0.1, 0.15) is 23.0 Å². The Balaban J connectivity index is 2.04. The third-order valence-electron chi connectivity index (χ3n) is 4.22. The van der Waals surface area contributed by atoms with Crippen molar-refractivity contribution in [3.8, 4) is 29.1 Å². The van der Waals surface area contributed by atoms with Gasteiger partial charge in [-0.05, 0) is 60.7 Å². The van der Waals surface area contributed by atoms with Crippen LogP contribution in [0, 0.1) is 11.8 Å². The topological polar surface area (TPSA) is 44.8 Å². The van der Waals surface area contributed by atoms with E-state index in [0.717, 1.165) is 28.3 Å². The van der Waals surface area contributed by atoms with Gasteiger partial charge in [-0.3, -0.25) is 0 Å². The van der Waals surface area contributed by atoms with Crippen LogP contribution in [-0.4, -0.2) is 13.1 Å². The van der Waals surface area contributed by atoms with Crippen molar-refractivity contribution in [3.63, 3.8) is 0 Å². The second kappa shape index (κ2) is 9.31. The van der Waals surface area contributed by atoms with E-state index in [9.17, 15) is 4.79 Å². The van der Waals surface area contributed by atoms with Crippen LogP contribution in [0.15, 0.2) is 92.2 Å². The number of benzene rings is 3. The Hall–Kier alpha value is -4.23. The lowest BCUT2D eigenvalue weighted by Gasteiger charge is -2.12. The Morgan fingerprint density at radius 3 is 2.10 bits per heavy atom. The Kier molecular flexibility index (Phi) is 6.36. The third kappa shape index (κ3) is 4.78. The predicted octanol–water partition coefficient (Wildman–Crippen LogP) is 5.42. The fraction of sp³-hybridized carbons (Fsp3) is 0.0385. The summed E-state index contributed by atoms with van der Waals surface area (Å²) in [5.41, 5.74) is 1.64. The Bertz CT molecular complexity index is 1190. The molecule has 3 aromatic carbocycles. The zero-order valence-electron chi connectivity index (χ0n) is 16.6. The smallest absolute Gasteiger partial charge is 0.335 e. The van der Waals surface area contributed by atoms with E-state index in [0.29, 0.717) is 22.6 Å². The van der Waals surface area contributed by atoms with Crippen LogP contribution in [0.1, 0.15) is 11.1 Å². The molecule has 0 amide bonds. The monoisotopic (exact) mass is 396 g/mol. The number of methoxy groups -OCH3 is 1. The minimum Gasteiger partial charge on any atom is -0.497 e. The maximum Gasteiger partial charge on any atom is 0.335 e. The Morgan fingerprint density at radius 1 is 0.833 bits per heavy atom. The molecule has 3 rings (SSSR count). The number of ether oxygens (including phenoxy) is 3. The van der Waals surface area contributed by atoms with E-state index in [1.165, 1.54) is 6.08 Å². The third-order valence-corrected chi connectivity index (χ3v) is 4.22. The summed E-state index contributed by atoms with van der Waals surface area (Å²) in [4.78, 5) is 11.7. The van der Waals surface area contributed by atoms with Gasteiger partial charge in [0.25, 0.3) is 0 Å². The molecule has 0 aliphatic rings. The molecule has 0 spiro atoms. The van der Waals surface area contributed by atoms with Crippen LogP contribution >= 0.6 is 0 Å². The van der Waals surface area contributed by atoms with E-state index < -0.39 is 5.97 Å². The number of esters is 1. The number of hydrogen-bond donors (Lipinski definition) is 0. The fourth-order valence-corrected chi connectivity index (χ4v) is 2.70. The first-order chi connectivity index (χ1) is 14.5. The molecule has 0 fully saturated rings. The summed E-state index contributed by atoms with van der Waals surface area (Å²) >= 11 is 0. The quantitative estimate of drug-likeness (QED) is 0.139. The lowest BCUT2D eigenvalue weighted by molar-refractivity contribution is -0.128. The number of carbonyl (C=O) groups is 1. The summed E-state index contributed by atoms with van der Waals surface area (Å²) in [5, 5.41) is 1.43. The van der Waals surface area contributed by atoms with Gasteiger partial charge in [-0.25, -0.2) is 4.79 Å². The highest BCUT2D eigenvalue weighted by atomic mass is 16.5. The van der Waals surface area contributed by atoms with Crippen LogP contribution in [0.2, 0.25) is 0 Å². The first-order valence-corrected chi connectivity index (χ1v) is 9.10. The van der Waals surface area contributed by atoms with Crippen molar-refractivity contribution in [1.82, 2.24) is 0 Å². The number of fused-ring (bicyclic) bond motifs is 1. The van der Waals surface area contributed by atoms with Crippen LogP contribution in [0.4, 0.5) is 0 Å². The second-order valence-corrected chi connectivity index (χ2v) is 6.20. The minimum absolute atomic E-state index is 0.404. The van der Waals surface area contributed by atoms with Gasteiger partial charge < -0.3 is 14.2 Å². The highest BCUT2D eigenvalue weighted by Gasteiger charge is 2.11. The number of allylic oxidation sites excluding steroid dienone is 1. The molecule has 148 valence electrons. The summed E-state index contributed by atoms with van der Waals surface area (Å²) in [6.45, 7) is 10.9. The molecule has 0 saturated heterocycles. The average Bonchev–Trinajstić information content (AvgIpc) is 2.79. The van der Waals surface area contributed by atoms with Crippen LogP contribution in [0.5, 0.6) is 17.2 Å². The van der Waals surface area contributed by atoms with Crippen LogP contribution in [0.25, 0.3) is 10.8 Å². The molecule has 0 radical (unpaired) electrons. The van der Waals surface area contributed by atoms with Crippen molar-refractivity contribution in [2.45, 2.75) is 0 Å². The number of hydrogen-bond acceptors (Lipinski definition) is 4. The molecule has 0 aromatic heterocycles. The van der Waals surface area contributed by atoms with E-state index in [-0.39, 0.29) is 0 Å². The van der Waals surface area contributed by atoms with Gasteiger partial charge in [-0.15, -0.1) is 0 Å². The average molecular weight is 396 g/mol. The molecule has 0 unspecified atom stereocenters. The molecule has 0 heterocycles. The summed E-state index contributed by atoms with van der Waals surface area (Å²) in [5.74, 6) is 7.87. The standard InChI is InChI=1S/C26H20O4/c1-5-18(3)29-25-16-15-24(30-26(27)6-2)22-14-11-20(17-23(22)25)8-7-19-9-12-21(28-4)13-10-19/h5-6,9-17H,1-3H2,4H3. The van der Waals surface area contributed by atoms with E-state index in [1.54, 1.807) is 19.2 Å². The van der Waals surface area contributed by atoms with Gasteiger partial charge in [0.15, 0.2) is 0 Å². The van der Waals surface area contributed by atoms with E-state index in [4.69, 9.17) is 14.2 Å². The molecule has 0 bridgehead atoms. The van der Waals surface area contributed by atoms with Crippen molar-refractivity contribution >= 4 is 16.7 Å². The summed E-state index contributed by atoms with van der Waals surface area (Å²) in [6, 6.07) is 16.4. The van der Waals surface area contributed by atoms with Gasteiger partial charge in [0.05, 0.1) is 7.11 Å². The predicted molar refractivity (Wildman–Crippen MR) is 119 cm³/mol. The van der Waals surface area contributed by atoms with Crippen LogP contribution in [-0.2, 0) is 4.79 Å². The Morgan fingerprint density at radius 2 is 1.47 bits per heavy atom. The number of rotatable bonds is 6. The van der Waals surface area contributed by atoms with Crippen LogP contribution in [0.3, 0.4) is 0 Å². The molecule has 0 aliphatic heterocycles. The van der Waals surface area contributed by atoms with Crippen molar-refractivity contribution in [3.05, 3.63) is 103 Å². The zero-order valence-corrected chi connectivity index (χ0v) is 16.6. The van der Waals surface area contributed by atoms with E-state index >= 15 is 0 Å². The second-order valence-electron chi connectivity index (χ2n) is 6.20. The van der Waals surface area contributed by atoms with E-state index in [1.807, 2.05) is 42.5 Å². The van der Waals surface area contributed by atoms with Gasteiger partial charge in [0.2, 0.25) is 0 Å². The van der Waals surface area contributed by atoms with Crippen molar-refractivity contribution in [2.75, 3.05) is 7.11 Å². The molecular weight excluding hydrogens is 376 g/mol. The van der Waals surface area contributed by atoms with E-state index in [2.05, 4.69) is 31.6 Å². The minimum atomic E-state index is -0.538. The van der Waals surface area contributed by atoms with Crippen molar-refractivity contribution in [1.29, 1.82) is 0 Å². The fourth-order valence-electron chi connectivity index (χ4n) is 2.70. The molecule has 0 aliphatic carbocycles. The van der Waals surface area contributed by atoms with Crippen LogP contribution < -0.4 is 14.2 Å². The normalized spacial score (nSPS) is 9.77. The van der Waals surface area contributed by atoms with Gasteiger partial charge >= 0.3 is 5.97 Å². The van der Waals surface area contributed by atoms with Gasteiger partial charge in [0, 0.05) is 28.0 Å². The lowest BCUT2D eigenvalue weighted by atomic mass is 10.0. The summed E-state index contributed by atoms with van der Waals surface area (Å²) in [7, 11) is 1.62. The maximum atomic E-state index is 11.7. The van der Waals surface area contributed by atoms with Gasteiger partial charge in [-0.2, -0.15) is 0 Å². The van der Waals surface area contributed by atoms with Crippen molar-refractivity contribution in [2.24, 2.45) is 0 Å². The molecule has 0 N–H and O–H groups in total. The summed E-state index contributed by atoms with van der Waals surface area (Å²) in [6.07, 6.45) is 2.63. The molecule has 4 nitrogen and oxygen atoms in total. The first-order valence-electron chi connectivity index (χ1n) is 9.10. The molecule has 30 heavy (non-hydrogen) atoms. The van der Waals surface area contributed by atoms with Gasteiger partial charge in [-0.1, -0.05) is 31.6 Å². The summed E-state index contributed by atoms with van der Waals surface area (Å²) < 4.78 is 16.3. The molecular formula is C26H20O4. The zero-order chi connectivity index (χ0) is 21.5. The SMILES string of the molecule is C=CC(=C)Oc1ccc(OC(=O)C=C)c2ccc(C#Cc3ccc(OC)cc3)cc12. The maximum absolute atomic E-state index is 11.7. The highest BCUT2D eigenvalue weighted by Crippen LogP contribution is 2.35.